The van der Waals surface area contributed by atoms with Crippen LogP contribution in [0, 0.1) is 0 Å². The van der Waals surface area contributed by atoms with Crippen molar-refractivity contribution in [3.63, 3.8) is 0 Å². The highest BCUT2D eigenvalue weighted by Gasteiger charge is 2.15. The van der Waals surface area contributed by atoms with Crippen molar-refractivity contribution in [1.29, 1.82) is 0 Å². The van der Waals surface area contributed by atoms with Gasteiger partial charge in [-0.25, -0.2) is 9.97 Å². The van der Waals surface area contributed by atoms with E-state index in [-0.39, 0.29) is 11.5 Å². The second-order valence-corrected chi connectivity index (χ2v) is 4.61. The number of nitrogens with two attached hydrogens (primary N) is 1. The number of carbonyl (C=O) groups is 1. The van der Waals surface area contributed by atoms with E-state index in [1.54, 1.807) is 12.1 Å². The van der Waals surface area contributed by atoms with Gasteiger partial charge in [-0.2, -0.15) is 0 Å². The lowest BCUT2D eigenvalue weighted by molar-refractivity contribution is 0.102. The van der Waals surface area contributed by atoms with Gasteiger partial charge in [0.05, 0.1) is 6.26 Å². The Bertz CT molecular complexity index is 739. The Morgan fingerprint density at radius 1 is 1.30 bits per heavy atom. The number of furan rings is 1. The molecular formula is C11H8N6O2S. The van der Waals surface area contributed by atoms with Crippen LogP contribution >= 0.6 is 11.3 Å². The zero-order valence-electron chi connectivity index (χ0n) is 9.98. The summed E-state index contributed by atoms with van der Waals surface area (Å²) >= 11 is 1.18. The molecule has 0 aliphatic heterocycles. The molecule has 0 bridgehead atoms. The van der Waals surface area contributed by atoms with Gasteiger partial charge >= 0.3 is 0 Å². The number of nitrogens with zero attached hydrogens (tertiary/aromatic N) is 4. The van der Waals surface area contributed by atoms with E-state index in [1.807, 2.05) is 0 Å². The number of hydrogen-bond donors (Lipinski definition) is 2. The van der Waals surface area contributed by atoms with Crippen molar-refractivity contribution >= 4 is 28.2 Å². The Hall–Kier alpha value is -2.81. The summed E-state index contributed by atoms with van der Waals surface area (Å²) < 4.78 is 5.19. The molecular weight excluding hydrogens is 280 g/mol. The van der Waals surface area contributed by atoms with Gasteiger partial charge in [0, 0.05) is 12.4 Å². The van der Waals surface area contributed by atoms with E-state index >= 15 is 0 Å². The maximum absolute atomic E-state index is 12.0. The topological polar surface area (TPSA) is 120 Å². The Labute approximate surface area is 116 Å². The molecule has 0 aliphatic carbocycles. The zero-order chi connectivity index (χ0) is 13.9. The molecule has 0 aromatic carbocycles. The fourth-order valence-electron chi connectivity index (χ4n) is 1.45. The van der Waals surface area contributed by atoms with Gasteiger partial charge in [0.15, 0.2) is 22.3 Å². The van der Waals surface area contributed by atoms with Gasteiger partial charge in [0.2, 0.25) is 5.13 Å². The smallest absolute Gasteiger partial charge is 0.279 e. The SMILES string of the molecule is Nc1nccnc1C(=O)Nc1nnc(-c2ccco2)s1. The number of anilines is 2. The number of aromatic nitrogens is 4. The lowest BCUT2D eigenvalue weighted by Crippen LogP contribution is -2.16. The lowest BCUT2D eigenvalue weighted by Gasteiger charge is -2.01. The molecule has 3 heterocycles. The highest BCUT2D eigenvalue weighted by molar-refractivity contribution is 7.18. The van der Waals surface area contributed by atoms with Crippen LogP contribution < -0.4 is 11.1 Å². The minimum absolute atomic E-state index is 0.0437. The van der Waals surface area contributed by atoms with Crippen LogP contribution in [0.4, 0.5) is 10.9 Å². The van der Waals surface area contributed by atoms with Crippen LogP contribution in [-0.2, 0) is 0 Å². The van der Waals surface area contributed by atoms with Gasteiger partial charge in [0.25, 0.3) is 5.91 Å². The van der Waals surface area contributed by atoms with E-state index in [0.717, 1.165) is 0 Å². The third-order valence-electron chi connectivity index (χ3n) is 2.32. The van der Waals surface area contributed by atoms with Crippen LogP contribution in [0.2, 0.25) is 0 Å². The first-order valence-electron chi connectivity index (χ1n) is 5.49. The van der Waals surface area contributed by atoms with Gasteiger partial charge in [-0.15, -0.1) is 10.2 Å². The molecule has 0 saturated carbocycles. The number of amides is 1. The van der Waals surface area contributed by atoms with E-state index in [2.05, 4.69) is 25.5 Å². The Morgan fingerprint density at radius 2 is 2.15 bits per heavy atom. The Morgan fingerprint density at radius 3 is 2.90 bits per heavy atom. The molecule has 8 nitrogen and oxygen atoms in total. The van der Waals surface area contributed by atoms with Gasteiger partial charge in [-0.3, -0.25) is 10.1 Å². The first-order chi connectivity index (χ1) is 9.74. The molecule has 3 aromatic heterocycles. The van der Waals surface area contributed by atoms with Gasteiger partial charge < -0.3 is 10.2 Å². The third-order valence-corrected chi connectivity index (χ3v) is 3.17. The van der Waals surface area contributed by atoms with Crippen LogP contribution in [0.15, 0.2) is 35.2 Å². The summed E-state index contributed by atoms with van der Waals surface area (Å²) in [6.07, 6.45) is 4.33. The van der Waals surface area contributed by atoms with Crippen LogP contribution in [0.5, 0.6) is 0 Å². The zero-order valence-corrected chi connectivity index (χ0v) is 10.8. The minimum atomic E-state index is -0.488. The molecule has 0 saturated heterocycles. The molecule has 0 atom stereocenters. The monoisotopic (exact) mass is 288 g/mol. The summed E-state index contributed by atoms with van der Waals surface area (Å²) in [5.41, 5.74) is 5.62. The summed E-state index contributed by atoms with van der Waals surface area (Å²) in [5.74, 6) is 0.153. The highest BCUT2D eigenvalue weighted by atomic mass is 32.1. The molecule has 0 unspecified atom stereocenters. The van der Waals surface area contributed by atoms with Crippen molar-refractivity contribution in [2.24, 2.45) is 0 Å². The van der Waals surface area contributed by atoms with E-state index in [9.17, 15) is 4.79 Å². The molecule has 0 radical (unpaired) electrons. The minimum Gasteiger partial charge on any atom is -0.462 e. The van der Waals surface area contributed by atoms with Crippen molar-refractivity contribution in [2.75, 3.05) is 11.1 Å². The van der Waals surface area contributed by atoms with Crippen molar-refractivity contribution in [3.05, 3.63) is 36.5 Å². The largest absolute Gasteiger partial charge is 0.462 e. The molecule has 0 fully saturated rings. The van der Waals surface area contributed by atoms with Crippen LogP contribution in [0.1, 0.15) is 10.5 Å². The number of nitrogen functional groups attached to an aromatic ring is 1. The van der Waals surface area contributed by atoms with Gasteiger partial charge in [-0.1, -0.05) is 11.3 Å². The predicted molar refractivity (Wildman–Crippen MR) is 72.0 cm³/mol. The molecule has 0 aliphatic rings. The predicted octanol–water partition coefficient (Wildman–Crippen LogP) is 1.42. The van der Waals surface area contributed by atoms with E-state index in [1.165, 1.54) is 30.0 Å². The summed E-state index contributed by atoms with van der Waals surface area (Å²) in [6, 6.07) is 3.50. The average molecular weight is 288 g/mol. The van der Waals surface area contributed by atoms with E-state index < -0.39 is 5.91 Å². The lowest BCUT2D eigenvalue weighted by atomic mass is 10.4. The molecule has 20 heavy (non-hydrogen) atoms. The number of carbonyl (C=O) groups excluding carboxylic acids is 1. The molecule has 0 spiro atoms. The molecule has 1 amide bonds. The third kappa shape index (κ3) is 2.34. The standard InChI is InChI=1S/C11H8N6O2S/c12-8-7(13-3-4-14-8)9(18)15-11-17-16-10(20-11)6-2-1-5-19-6/h1-5H,(H2,12,14)(H,15,17,18). The molecule has 3 N–H and O–H groups in total. The highest BCUT2D eigenvalue weighted by Crippen LogP contribution is 2.26. The second kappa shape index (κ2) is 5.05. The van der Waals surface area contributed by atoms with E-state index in [4.69, 9.17) is 10.2 Å². The van der Waals surface area contributed by atoms with Crippen LogP contribution in [0.3, 0.4) is 0 Å². The fraction of sp³-hybridized carbons (Fsp3) is 0. The Kier molecular flexibility index (Phi) is 3.09. The van der Waals surface area contributed by atoms with E-state index in [0.29, 0.717) is 15.9 Å². The van der Waals surface area contributed by atoms with Crippen molar-refractivity contribution in [1.82, 2.24) is 20.2 Å². The summed E-state index contributed by atoms with van der Waals surface area (Å²) in [7, 11) is 0. The second-order valence-electron chi connectivity index (χ2n) is 3.63. The fourth-order valence-corrected chi connectivity index (χ4v) is 2.16. The first kappa shape index (κ1) is 12.2. The van der Waals surface area contributed by atoms with Gasteiger partial charge in [-0.05, 0) is 12.1 Å². The van der Waals surface area contributed by atoms with Crippen molar-refractivity contribution in [2.45, 2.75) is 0 Å². The summed E-state index contributed by atoms with van der Waals surface area (Å²) in [6.45, 7) is 0. The molecule has 100 valence electrons. The quantitative estimate of drug-likeness (QED) is 0.747. The maximum Gasteiger partial charge on any atom is 0.279 e. The number of hydrogen-bond acceptors (Lipinski definition) is 8. The molecule has 3 aromatic rings. The summed E-state index contributed by atoms with van der Waals surface area (Å²) in [5, 5.41) is 11.2. The van der Waals surface area contributed by atoms with Crippen LogP contribution in [-0.4, -0.2) is 26.1 Å². The maximum atomic E-state index is 12.0. The Balaban J connectivity index is 1.79. The normalized spacial score (nSPS) is 10.4. The average Bonchev–Trinajstić information content (AvgIpc) is 3.09. The summed E-state index contributed by atoms with van der Waals surface area (Å²) in [4.78, 5) is 19.6. The molecule has 3 rings (SSSR count). The van der Waals surface area contributed by atoms with Crippen LogP contribution in [0.25, 0.3) is 10.8 Å². The number of nitrogens with one attached hydrogen (secondary N) is 1. The van der Waals surface area contributed by atoms with Crippen molar-refractivity contribution in [3.8, 4) is 10.8 Å². The van der Waals surface area contributed by atoms with Crippen molar-refractivity contribution < 1.29 is 9.21 Å². The number of rotatable bonds is 3. The first-order valence-corrected chi connectivity index (χ1v) is 6.31. The van der Waals surface area contributed by atoms with Gasteiger partial charge in [0.1, 0.15) is 0 Å². The molecule has 9 heteroatoms.